The predicted molar refractivity (Wildman–Crippen MR) is 149 cm³/mol. The molecule has 0 spiro atoms. The number of nitrogen functional groups attached to an aromatic ring is 1. The molecule has 0 radical (unpaired) electrons. The zero-order valence-electron chi connectivity index (χ0n) is 20.5. The van der Waals surface area contributed by atoms with Gasteiger partial charge < -0.3 is 11.1 Å². The number of para-hydroxylation sites is 1. The van der Waals surface area contributed by atoms with E-state index in [2.05, 4.69) is 15.3 Å². The van der Waals surface area contributed by atoms with E-state index in [9.17, 15) is 13.2 Å². The van der Waals surface area contributed by atoms with Crippen LogP contribution in [-0.2, 0) is 9.84 Å². The van der Waals surface area contributed by atoms with Gasteiger partial charge in [0.25, 0.3) is 5.56 Å². The number of benzene rings is 3. The fourth-order valence-corrected chi connectivity index (χ4v) is 5.07. The molecule has 0 aliphatic rings. The fourth-order valence-electron chi connectivity index (χ4n) is 4.19. The summed E-state index contributed by atoms with van der Waals surface area (Å²) < 4.78 is 25.3. The van der Waals surface area contributed by atoms with Crippen molar-refractivity contribution in [2.24, 2.45) is 0 Å². The first-order valence-electron chi connectivity index (χ1n) is 11.6. The molecule has 38 heavy (non-hydrogen) atoms. The van der Waals surface area contributed by atoms with Crippen molar-refractivity contribution in [2.45, 2.75) is 17.9 Å². The van der Waals surface area contributed by atoms with Crippen LogP contribution in [0.15, 0.2) is 88.7 Å². The second-order valence-corrected chi connectivity index (χ2v) is 11.2. The van der Waals surface area contributed by atoms with E-state index in [1.165, 1.54) is 16.7 Å². The van der Waals surface area contributed by atoms with Gasteiger partial charge in [-0.05, 0) is 48.9 Å². The summed E-state index contributed by atoms with van der Waals surface area (Å²) in [4.78, 5) is 27.2. The van der Waals surface area contributed by atoms with E-state index in [4.69, 9.17) is 22.3 Å². The lowest BCUT2D eigenvalue weighted by Gasteiger charge is -2.21. The van der Waals surface area contributed by atoms with Crippen LogP contribution in [0.4, 0.5) is 11.8 Å². The smallest absolute Gasteiger partial charge is 0.267 e. The SMILES string of the molecule is CC(Nc1nc(N)ncc1-c1ccc(S(C)(=O)=O)cc1)c1nc2cccc(Cl)c2c(=O)n1-c1ccccc1. The Morgan fingerprint density at radius 1 is 0.974 bits per heavy atom. The highest BCUT2D eigenvalue weighted by Gasteiger charge is 2.21. The molecule has 5 aromatic rings. The third kappa shape index (κ3) is 4.83. The Balaban J connectivity index is 1.63. The van der Waals surface area contributed by atoms with Crippen molar-refractivity contribution >= 4 is 44.1 Å². The van der Waals surface area contributed by atoms with E-state index >= 15 is 0 Å². The second kappa shape index (κ2) is 9.88. The largest absolute Gasteiger partial charge is 0.368 e. The number of nitrogens with zero attached hydrogens (tertiary/aromatic N) is 4. The number of hydrogen-bond donors (Lipinski definition) is 2. The minimum atomic E-state index is -3.35. The topological polar surface area (TPSA) is 133 Å². The summed E-state index contributed by atoms with van der Waals surface area (Å²) in [7, 11) is -3.35. The Kier molecular flexibility index (Phi) is 6.60. The van der Waals surface area contributed by atoms with Gasteiger partial charge in [-0.25, -0.2) is 18.4 Å². The number of hydrogen-bond acceptors (Lipinski definition) is 8. The zero-order chi connectivity index (χ0) is 27.0. The van der Waals surface area contributed by atoms with Crippen LogP contribution in [0.5, 0.6) is 0 Å². The highest BCUT2D eigenvalue weighted by Crippen LogP contribution is 2.31. The second-order valence-electron chi connectivity index (χ2n) is 8.73. The maximum Gasteiger partial charge on any atom is 0.267 e. The van der Waals surface area contributed by atoms with E-state index in [-0.39, 0.29) is 16.4 Å². The molecule has 0 amide bonds. The van der Waals surface area contributed by atoms with Gasteiger partial charge in [-0.15, -0.1) is 0 Å². The maximum atomic E-state index is 13.7. The molecule has 3 N–H and O–H groups in total. The number of anilines is 2. The van der Waals surface area contributed by atoms with Crippen molar-refractivity contribution in [1.82, 2.24) is 19.5 Å². The minimum absolute atomic E-state index is 0.0508. The van der Waals surface area contributed by atoms with E-state index in [1.54, 1.807) is 36.5 Å². The van der Waals surface area contributed by atoms with Crippen molar-refractivity contribution in [1.29, 1.82) is 0 Å². The Bertz CT molecular complexity index is 1820. The first-order chi connectivity index (χ1) is 18.1. The molecule has 1 atom stereocenters. The van der Waals surface area contributed by atoms with Crippen LogP contribution in [0.3, 0.4) is 0 Å². The lowest BCUT2D eigenvalue weighted by Crippen LogP contribution is -2.27. The van der Waals surface area contributed by atoms with Crippen molar-refractivity contribution in [3.05, 3.63) is 100 Å². The lowest BCUT2D eigenvalue weighted by molar-refractivity contribution is 0.602. The molecule has 0 bridgehead atoms. The summed E-state index contributed by atoms with van der Waals surface area (Å²) in [6.07, 6.45) is 2.71. The van der Waals surface area contributed by atoms with Crippen molar-refractivity contribution in [3.8, 4) is 16.8 Å². The average molecular weight is 547 g/mol. The van der Waals surface area contributed by atoms with Crippen molar-refractivity contribution in [2.75, 3.05) is 17.3 Å². The summed E-state index contributed by atoms with van der Waals surface area (Å²) in [5, 5.41) is 3.97. The molecule has 0 saturated heterocycles. The Hall–Kier alpha value is -4.28. The zero-order valence-corrected chi connectivity index (χ0v) is 22.0. The minimum Gasteiger partial charge on any atom is -0.368 e. The molecular weight excluding hydrogens is 524 g/mol. The Morgan fingerprint density at radius 2 is 1.68 bits per heavy atom. The number of halogens is 1. The van der Waals surface area contributed by atoms with Gasteiger partial charge in [0.2, 0.25) is 5.95 Å². The van der Waals surface area contributed by atoms with Crippen LogP contribution < -0.4 is 16.6 Å². The van der Waals surface area contributed by atoms with Crippen LogP contribution in [-0.4, -0.2) is 34.2 Å². The molecule has 2 aromatic heterocycles. The van der Waals surface area contributed by atoms with E-state index in [0.717, 1.165) is 6.26 Å². The van der Waals surface area contributed by atoms with Gasteiger partial charge in [0.05, 0.1) is 32.6 Å². The van der Waals surface area contributed by atoms with Gasteiger partial charge >= 0.3 is 0 Å². The summed E-state index contributed by atoms with van der Waals surface area (Å²) in [5.41, 5.74) is 8.00. The molecular formula is C27H23ClN6O3S. The number of rotatable bonds is 6. The van der Waals surface area contributed by atoms with Crippen LogP contribution >= 0.6 is 11.6 Å². The molecule has 11 heteroatoms. The molecule has 0 aliphatic carbocycles. The summed E-state index contributed by atoms with van der Waals surface area (Å²) >= 11 is 6.39. The number of nitrogens with one attached hydrogen (secondary N) is 1. The first kappa shape index (κ1) is 25.4. The van der Waals surface area contributed by atoms with Crippen molar-refractivity contribution < 1.29 is 8.42 Å². The van der Waals surface area contributed by atoms with E-state index in [1.807, 2.05) is 37.3 Å². The summed E-state index contributed by atoms with van der Waals surface area (Å²) in [6.45, 7) is 1.85. The molecule has 3 aromatic carbocycles. The highest BCUT2D eigenvalue weighted by atomic mass is 35.5. The molecule has 1 unspecified atom stereocenters. The normalized spacial score (nSPS) is 12.4. The maximum absolute atomic E-state index is 13.7. The predicted octanol–water partition coefficient (Wildman–Crippen LogP) is 4.65. The molecule has 9 nitrogen and oxygen atoms in total. The third-order valence-electron chi connectivity index (χ3n) is 6.03. The van der Waals surface area contributed by atoms with Crippen molar-refractivity contribution in [3.63, 3.8) is 0 Å². The van der Waals surface area contributed by atoms with Crippen LogP contribution in [0.1, 0.15) is 18.8 Å². The molecule has 0 saturated carbocycles. The molecule has 0 aliphatic heterocycles. The van der Waals surface area contributed by atoms with Gasteiger partial charge in [0, 0.05) is 18.0 Å². The van der Waals surface area contributed by atoms with Gasteiger partial charge in [0.15, 0.2) is 9.84 Å². The van der Waals surface area contributed by atoms with E-state index < -0.39 is 15.9 Å². The van der Waals surface area contributed by atoms with Crippen LogP contribution in [0, 0.1) is 0 Å². The van der Waals surface area contributed by atoms with Gasteiger partial charge in [-0.1, -0.05) is 48.0 Å². The number of sulfone groups is 1. The van der Waals surface area contributed by atoms with Gasteiger partial charge in [0.1, 0.15) is 11.6 Å². The number of nitrogens with two attached hydrogens (primary N) is 1. The Morgan fingerprint density at radius 3 is 2.37 bits per heavy atom. The molecule has 192 valence electrons. The molecule has 2 heterocycles. The summed E-state index contributed by atoms with van der Waals surface area (Å²) in [6, 6.07) is 20.2. The lowest BCUT2D eigenvalue weighted by atomic mass is 10.1. The number of fused-ring (bicyclic) bond motifs is 1. The standard InChI is InChI=1S/C27H23ClN6O3S/c1-16(31-24-20(15-30-27(29)33-24)17-11-13-19(14-12-17)38(2,36)37)25-32-22-10-6-9-21(28)23(22)26(35)34(25)18-7-4-3-5-8-18/h3-16H,1-2H3,(H3,29,30,31,33). The summed E-state index contributed by atoms with van der Waals surface area (Å²) in [5.74, 6) is 0.888. The molecule has 0 fully saturated rings. The average Bonchev–Trinajstić information content (AvgIpc) is 2.88. The number of aromatic nitrogens is 4. The highest BCUT2D eigenvalue weighted by molar-refractivity contribution is 7.90. The van der Waals surface area contributed by atoms with Gasteiger partial charge in [-0.3, -0.25) is 9.36 Å². The fraction of sp³-hybridized carbons (Fsp3) is 0.111. The van der Waals surface area contributed by atoms with E-state index in [0.29, 0.717) is 44.4 Å². The third-order valence-corrected chi connectivity index (χ3v) is 7.47. The van der Waals surface area contributed by atoms with Crippen LogP contribution in [0.25, 0.3) is 27.7 Å². The monoisotopic (exact) mass is 546 g/mol. The molecule has 5 rings (SSSR count). The quantitative estimate of drug-likeness (QED) is 0.314. The van der Waals surface area contributed by atoms with Crippen LogP contribution in [0.2, 0.25) is 5.02 Å². The Labute approximate surface area is 223 Å². The van der Waals surface area contributed by atoms with Gasteiger partial charge in [-0.2, -0.15) is 4.98 Å². The first-order valence-corrected chi connectivity index (χ1v) is 13.9.